The lowest BCUT2D eigenvalue weighted by Gasteiger charge is -2.57. The Kier molecular flexibility index (Phi) is 6.14. The molecule has 1 N–H and O–H groups in total. The summed E-state index contributed by atoms with van der Waals surface area (Å²) in [6.45, 7) is 2.06. The van der Waals surface area contributed by atoms with Crippen molar-refractivity contribution >= 4 is 23.1 Å². The van der Waals surface area contributed by atoms with E-state index in [1.54, 1.807) is 6.92 Å². The van der Waals surface area contributed by atoms with E-state index >= 15 is 0 Å². The van der Waals surface area contributed by atoms with Crippen molar-refractivity contribution < 1.29 is 14.6 Å². The Morgan fingerprint density at radius 2 is 1.62 bits per heavy atom. The van der Waals surface area contributed by atoms with Crippen LogP contribution in [-0.4, -0.2) is 58.7 Å². The molecule has 4 fully saturated rings. The van der Waals surface area contributed by atoms with Crippen LogP contribution in [-0.2, 0) is 9.53 Å². The van der Waals surface area contributed by atoms with Crippen molar-refractivity contribution in [1.29, 1.82) is 0 Å². The highest BCUT2D eigenvalue weighted by Crippen LogP contribution is 2.47. The highest BCUT2D eigenvalue weighted by atomic mass is 16.5. The molecule has 2 saturated heterocycles. The molecule has 34 heavy (non-hydrogen) atoms. The Bertz CT molecular complexity index is 923. The van der Waals surface area contributed by atoms with Crippen LogP contribution in [0.1, 0.15) is 77.6 Å². The van der Waals surface area contributed by atoms with E-state index in [4.69, 9.17) is 4.74 Å². The third-order valence-corrected chi connectivity index (χ3v) is 9.32. The average molecular weight is 466 g/mol. The molecule has 6 rings (SSSR count). The molecule has 6 heteroatoms. The van der Waals surface area contributed by atoms with E-state index in [1.165, 1.54) is 57.8 Å². The summed E-state index contributed by atoms with van der Waals surface area (Å²) in [7, 11) is 0. The first-order valence-electron chi connectivity index (χ1n) is 13.7. The third-order valence-electron chi connectivity index (χ3n) is 9.32. The number of carbonyl (C=O) groups excluding carboxylic acids is 1. The first kappa shape index (κ1) is 22.5. The lowest BCUT2D eigenvalue weighted by atomic mass is 9.68. The van der Waals surface area contributed by atoms with Crippen molar-refractivity contribution in [2.75, 3.05) is 11.5 Å². The van der Waals surface area contributed by atoms with Gasteiger partial charge in [0.1, 0.15) is 0 Å². The van der Waals surface area contributed by atoms with Crippen molar-refractivity contribution in [3.63, 3.8) is 0 Å². The number of nitrogens with zero attached hydrogens (tertiary/aromatic N) is 3. The van der Waals surface area contributed by atoms with Gasteiger partial charge in [0, 0.05) is 24.2 Å². The number of ether oxygens (including phenoxy) is 1. The Labute approximate surface area is 203 Å². The first-order valence-corrected chi connectivity index (χ1v) is 13.7. The summed E-state index contributed by atoms with van der Waals surface area (Å²) < 4.78 is 5.25. The van der Waals surface area contributed by atoms with Gasteiger partial charge in [0.25, 0.3) is 0 Å². The molecule has 5 atom stereocenters. The highest BCUT2D eigenvalue weighted by Gasteiger charge is 2.48. The molecule has 1 aromatic rings. The minimum Gasteiger partial charge on any atom is -0.461 e. The molecule has 0 aromatic heterocycles. The Morgan fingerprint density at radius 1 is 0.941 bits per heavy atom. The molecule has 2 aliphatic carbocycles. The number of anilines is 1. The third kappa shape index (κ3) is 3.97. The van der Waals surface area contributed by atoms with Gasteiger partial charge in [0.2, 0.25) is 0 Å². The van der Waals surface area contributed by atoms with Crippen LogP contribution < -0.4 is 4.90 Å². The van der Waals surface area contributed by atoms with Crippen molar-refractivity contribution in [3.8, 4) is 0 Å². The Balaban J connectivity index is 1.26. The number of para-hydroxylation sites is 2. The lowest BCUT2D eigenvalue weighted by molar-refractivity contribution is -0.135. The molecule has 6 nitrogen and oxygen atoms in total. The van der Waals surface area contributed by atoms with E-state index in [0.717, 1.165) is 42.1 Å². The topological polar surface area (TPSA) is 65.4 Å². The van der Waals surface area contributed by atoms with Crippen LogP contribution >= 0.6 is 0 Å². The Hall–Kier alpha value is -1.92. The Morgan fingerprint density at radius 3 is 2.32 bits per heavy atom. The van der Waals surface area contributed by atoms with Crippen molar-refractivity contribution in [3.05, 3.63) is 24.3 Å². The maximum absolute atomic E-state index is 12.6. The fourth-order valence-electron chi connectivity index (χ4n) is 8.13. The van der Waals surface area contributed by atoms with Crippen molar-refractivity contribution in [2.24, 2.45) is 16.8 Å². The fraction of sp³-hybridized carbons (Fsp3) is 0.714. The van der Waals surface area contributed by atoms with E-state index in [9.17, 15) is 9.90 Å². The second kappa shape index (κ2) is 9.27. The molecule has 2 saturated carbocycles. The summed E-state index contributed by atoms with van der Waals surface area (Å²) >= 11 is 0. The summed E-state index contributed by atoms with van der Waals surface area (Å²) in [6.07, 6.45) is 13.4. The zero-order valence-corrected chi connectivity index (χ0v) is 20.4. The summed E-state index contributed by atoms with van der Waals surface area (Å²) in [4.78, 5) is 22.2. The second-order valence-electron chi connectivity index (χ2n) is 11.3. The van der Waals surface area contributed by atoms with Gasteiger partial charge in [-0.3, -0.25) is 4.90 Å². The molecular weight excluding hydrogens is 426 g/mol. The van der Waals surface area contributed by atoms with E-state index in [2.05, 4.69) is 14.8 Å². The number of aliphatic hydroxyl groups excluding tert-OH is 1. The first-order chi connectivity index (χ1) is 16.6. The van der Waals surface area contributed by atoms with Crippen LogP contribution in [0.15, 0.2) is 29.3 Å². The quantitative estimate of drug-likeness (QED) is 0.646. The zero-order chi connectivity index (χ0) is 23.2. The van der Waals surface area contributed by atoms with Crippen LogP contribution in [0.25, 0.3) is 0 Å². The fourth-order valence-corrected chi connectivity index (χ4v) is 8.13. The van der Waals surface area contributed by atoms with Gasteiger partial charge in [0.15, 0.2) is 11.9 Å². The number of carbonyl (C=O) groups is 1. The van der Waals surface area contributed by atoms with Crippen molar-refractivity contribution in [2.45, 2.75) is 108 Å². The van der Waals surface area contributed by atoms with Crippen LogP contribution in [0, 0.1) is 11.8 Å². The standard InChI is InChI=1S/C28H39N3O3/c1-2-34-28(33)26-27(32)31(25-12-4-3-11-24(25)29-26)23-16-20-9-6-10-21(17-23)30(20)22-14-18-7-5-8-19(13-18)15-22/h3-4,11-12,18-23,27,32H,2,5-10,13-17H2,1H3. The summed E-state index contributed by atoms with van der Waals surface area (Å²) in [6, 6.07) is 10.0. The van der Waals surface area contributed by atoms with E-state index in [1.807, 2.05) is 24.3 Å². The number of hydrogen-bond donors (Lipinski definition) is 1. The number of esters is 1. The summed E-state index contributed by atoms with van der Waals surface area (Å²) in [5.41, 5.74) is 1.81. The SMILES string of the molecule is CCOC(=O)C1=Nc2ccccc2N(C2CC3CCCC(C2)N3C2CC3CCCC(C3)C2)C1O. The molecule has 1 aromatic carbocycles. The van der Waals surface area contributed by atoms with Gasteiger partial charge in [-0.05, 0) is 75.8 Å². The molecule has 5 unspecified atom stereocenters. The number of rotatable bonds is 4. The molecule has 0 radical (unpaired) electrons. The predicted molar refractivity (Wildman–Crippen MR) is 133 cm³/mol. The average Bonchev–Trinajstić information content (AvgIpc) is 2.82. The monoisotopic (exact) mass is 465 g/mol. The zero-order valence-electron chi connectivity index (χ0n) is 20.4. The number of piperidine rings is 2. The number of benzene rings is 1. The maximum atomic E-state index is 12.6. The predicted octanol–water partition coefficient (Wildman–Crippen LogP) is 4.81. The second-order valence-corrected chi connectivity index (χ2v) is 11.3. The lowest BCUT2D eigenvalue weighted by Crippen LogP contribution is -2.63. The van der Waals surface area contributed by atoms with Gasteiger partial charge >= 0.3 is 5.97 Å². The van der Waals surface area contributed by atoms with Crippen molar-refractivity contribution in [1.82, 2.24) is 4.90 Å². The highest BCUT2D eigenvalue weighted by molar-refractivity contribution is 6.39. The van der Waals surface area contributed by atoms with Gasteiger partial charge in [-0.15, -0.1) is 0 Å². The molecular formula is C28H39N3O3. The van der Waals surface area contributed by atoms with Crippen LogP contribution in [0.2, 0.25) is 0 Å². The largest absolute Gasteiger partial charge is 0.461 e. The molecule has 4 bridgehead atoms. The number of aliphatic hydroxyl groups is 1. The van der Waals surface area contributed by atoms with Gasteiger partial charge in [-0.25, -0.2) is 9.79 Å². The smallest absolute Gasteiger partial charge is 0.357 e. The number of hydrogen-bond acceptors (Lipinski definition) is 6. The molecule has 5 aliphatic rings. The van der Waals surface area contributed by atoms with Crippen LogP contribution in [0.4, 0.5) is 11.4 Å². The van der Waals surface area contributed by atoms with Crippen LogP contribution in [0.5, 0.6) is 0 Å². The minimum absolute atomic E-state index is 0.119. The van der Waals surface area contributed by atoms with Gasteiger partial charge in [-0.2, -0.15) is 0 Å². The molecule has 3 heterocycles. The van der Waals surface area contributed by atoms with E-state index < -0.39 is 12.2 Å². The molecule has 0 amide bonds. The van der Waals surface area contributed by atoms with Crippen LogP contribution in [0.3, 0.4) is 0 Å². The molecule has 0 spiro atoms. The number of fused-ring (bicyclic) bond motifs is 5. The summed E-state index contributed by atoms with van der Waals surface area (Å²) in [5.74, 6) is 1.37. The van der Waals surface area contributed by atoms with Gasteiger partial charge < -0.3 is 14.7 Å². The maximum Gasteiger partial charge on any atom is 0.357 e. The molecule has 3 aliphatic heterocycles. The van der Waals surface area contributed by atoms with Gasteiger partial charge in [-0.1, -0.05) is 37.8 Å². The van der Waals surface area contributed by atoms with Gasteiger partial charge in [0.05, 0.1) is 18.0 Å². The summed E-state index contributed by atoms with van der Waals surface area (Å²) in [5, 5.41) is 11.4. The van der Waals surface area contributed by atoms with E-state index in [-0.39, 0.29) is 18.4 Å². The minimum atomic E-state index is -1.06. The number of aliphatic imine (C=N–C) groups is 1. The normalized spacial score (nSPS) is 37.5. The van der Waals surface area contributed by atoms with E-state index in [0.29, 0.717) is 12.1 Å². The molecule has 184 valence electrons.